The van der Waals surface area contributed by atoms with Gasteiger partial charge in [0.05, 0.1) is 22.1 Å². The van der Waals surface area contributed by atoms with Gasteiger partial charge in [-0.25, -0.2) is 9.97 Å². The molecule has 0 aliphatic rings. The molecule has 1 aromatic heterocycles. The largest absolute Gasteiger partial charge is 0.457 e. The van der Waals surface area contributed by atoms with Crippen LogP contribution in [0.3, 0.4) is 0 Å². The van der Waals surface area contributed by atoms with E-state index in [4.69, 9.17) is 4.74 Å². The number of rotatable bonds is 4. The molecule has 0 fully saturated rings. The molecular weight excluding hydrogens is 374 g/mol. The first kappa shape index (κ1) is 17.8. The number of ether oxygens (including phenoxy) is 1. The number of fused-ring (bicyclic) bond motifs is 2. The van der Waals surface area contributed by atoms with Gasteiger partial charge in [0.2, 0.25) is 0 Å². The van der Waals surface area contributed by atoms with Crippen LogP contribution in [0.5, 0.6) is 11.5 Å². The molecule has 1 heterocycles. The van der Waals surface area contributed by atoms with Gasteiger partial charge in [0, 0.05) is 11.3 Å². The Balaban J connectivity index is 1.34. The molecular formula is C25H17N3O2. The Morgan fingerprint density at radius 1 is 0.633 bits per heavy atom. The lowest BCUT2D eigenvalue weighted by molar-refractivity contribution is 0.102. The standard InChI is InChI=1S/C25H17N3O2/c29-25(26-18-11-13-20(14-12-18)30-19-6-2-1-3-7-19)17-10-15-23-24(16-17)28-22-9-5-4-8-21(22)27-23/h1-16H,(H,26,29). The molecule has 0 saturated carbocycles. The van der Waals surface area contributed by atoms with Gasteiger partial charge in [-0.05, 0) is 66.7 Å². The fourth-order valence-corrected chi connectivity index (χ4v) is 3.20. The zero-order chi connectivity index (χ0) is 20.3. The molecule has 5 heteroatoms. The van der Waals surface area contributed by atoms with E-state index in [-0.39, 0.29) is 5.91 Å². The van der Waals surface area contributed by atoms with E-state index < -0.39 is 0 Å². The third-order valence-corrected chi connectivity index (χ3v) is 4.69. The Kier molecular flexibility index (Phi) is 4.54. The summed E-state index contributed by atoms with van der Waals surface area (Å²) in [6, 6.07) is 29.8. The fourth-order valence-electron chi connectivity index (χ4n) is 3.20. The zero-order valence-electron chi connectivity index (χ0n) is 15.9. The van der Waals surface area contributed by atoms with Crippen LogP contribution in [0.4, 0.5) is 5.69 Å². The molecule has 0 aliphatic carbocycles. The number of para-hydroxylation sites is 3. The van der Waals surface area contributed by atoms with Crippen LogP contribution in [0.2, 0.25) is 0 Å². The molecule has 0 radical (unpaired) electrons. The summed E-state index contributed by atoms with van der Waals surface area (Å²) in [5.74, 6) is 1.26. The summed E-state index contributed by atoms with van der Waals surface area (Å²) < 4.78 is 5.78. The summed E-state index contributed by atoms with van der Waals surface area (Å²) in [6.45, 7) is 0. The van der Waals surface area contributed by atoms with E-state index in [2.05, 4.69) is 15.3 Å². The van der Waals surface area contributed by atoms with Gasteiger partial charge >= 0.3 is 0 Å². The number of carbonyl (C=O) groups excluding carboxylic acids is 1. The molecule has 0 bridgehead atoms. The van der Waals surface area contributed by atoms with Gasteiger partial charge in [-0.1, -0.05) is 30.3 Å². The third kappa shape index (κ3) is 3.69. The van der Waals surface area contributed by atoms with Gasteiger partial charge in [0.1, 0.15) is 11.5 Å². The van der Waals surface area contributed by atoms with Gasteiger partial charge in [0.15, 0.2) is 0 Å². The minimum Gasteiger partial charge on any atom is -0.457 e. The van der Waals surface area contributed by atoms with Crippen molar-refractivity contribution in [2.24, 2.45) is 0 Å². The van der Waals surface area contributed by atoms with Crippen molar-refractivity contribution in [2.45, 2.75) is 0 Å². The summed E-state index contributed by atoms with van der Waals surface area (Å²) in [5.41, 5.74) is 4.29. The fraction of sp³-hybridized carbons (Fsp3) is 0. The molecule has 5 rings (SSSR count). The molecule has 0 atom stereocenters. The molecule has 5 nitrogen and oxygen atoms in total. The number of nitrogens with zero attached hydrogens (tertiary/aromatic N) is 2. The van der Waals surface area contributed by atoms with Crippen molar-refractivity contribution in [3.8, 4) is 11.5 Å². The summed E-state index contributed by atoms with van der Waals surface area (Å²) in [4.78, 5) is 21.9. The van der Waals surface area contributed by atoms with Crippen molar-refractivity contribution in [1.82, 2.24) is 9.97 Å². The maximum absolute atomic E-state index is 12.7. The summed E-state index contributed by atoms with van der Waals surface area (Å²) >= 11 is 0. The van der Waals surface area contributed by atoms with Crippen LogP contribution >= 0.6 is 0 Å². The van der Waals surface area contributed by atoms with Crippen molar-refractivity contribution in [2.75, 3.05) is 5.32 Å². The molecule has 1 amide bonds. The van der Waals surface area contributed by atoms with Crippen LogP contribution in [0.25, 0.3) is 22.1 Å². The third-order valence-electron chi connectivity index (χ3n) is 4.69. The van der Waals surface area contributed by atoms with E-state index in [0.29, 0.717) is 22.5 Å². The lowest BCUT2D eigenvalue weighted by Gasteiger charge is -2.09. The lowest BCUT2D eigenvalue weighted by atomic mass is 10.1. The molecule has 0 spiro atoms. The Bertz CT molecular complexity index is 1350. The average molecular weight is 391 g/mol. The Morgan fingerprint density at radius 2 is 1.23 bits per heavy atom. The number of amides is 1. The number of benzene rings is 4. The second kappa shape index (κ2) is 7.64. The zero-order valence-corrected chi connectivity index (χ0v) is 15.9. The van der Waals surface area contributed by atoms with Crippen molar-refractivity contribution in [3.63, 3.8) is 0 Å². The van der Waals surface area contributed by atoms with Crippen molar-refractivity contribution in [3.05, 3.63) is 103 Å². The van der Waals surface area contributed by atoms with Crippen LogP contribution in [0.1, 0.15) is 10.4 Å². The minimum atomic E-state index is -0.205. The Morgan fingerprint density at radius 3 is 1.97 bits per heavy atom. The second-order valence-electron chi connectivity index (χ2n) is 6.81. The predicted molar refractivity (Wildman–Crippen MR) is 118 cm³/mol. The Labute approximate surface area is 173 Å². The monoisotopic (exact) mass is 391 g/mol. The van der Waals surface area contributed by atoms with Crippen LogP contribution in [-0.2, 0) is 0 Å². The van der Waals surface area contributed by atoms with Gasteiger partial charge in [-0.2, -0.15) is 0 Å². The number of aromatic nitrogens is 2. The number of carbonyl (C=O) groups is 1. The average Bonchev–Trinajstić information content (AvgIpc) is 2.79. The van der Waals surface area contributed by atoms with Gasteiger partial charge in [-0.15, -0.1) is 0 Å². The van der Waals surface area contributed by atoms with Crippen molar-refractivity contribution < 1.29 is 9.53 Å². The highest BCUT2D eigenvalue weighted by molar-refractivity contribution is 6.06. The molecule has 0 unspecified atom stereocenters. The molecule has 144 valence electrons. The predicted octanol–water partition coefficient (Wildman–Crippen LogP) is 5.83. The number of hydrogen-bond donors (Lipinski definition) is 1. The highest BCUT2D eigenvalue weighted by Gasteiger charge is 2.09. The van der Waals surface area contributed by atoms with Gasteiger partial charge < -0.3 is 10.1 Å². The minimum absolute atomic E-state index is 0.205. The van der Waals surface area contributed by atoms with Crippen molar-refractivity contribution >= 4 is 33.7 Å². The van der Waals surface area contributed by atoms with E-state index in [0.717, 1.165) is 22.3 Å². The topological polar surface area (TPSA) is 64.1 Å². The van der Waals surface area contributed by atoms with Crippen LogP contribution in [0.15, 0.2) is 97.1 Å². The molecule has 0 aliphatic heterocycles. The first-order valence-corrected chi connectivity index (χ1v) is 9.55. The quantitative estimate of drug-likeness (QED) is 0.392. The molecule has 1 N–H and O–H groups in total. The maximum atomic E-state index is 12.7. The smallest absolute Gasteiger partial charge is 0.255 e. The van der Waals surface area contributed by atoms with E-state index in [1.807, 2.05) is 84.9 Å². The normalized spacial score (nSPS) is 10.8. The maximum Gasteiger partial charge on any atom is 0.255 e. The van der Waals surface area contributed by atoms with Gasteiger partial charge in [0.25, 0.3) is 5.91 Å². The molecule has 0 saturated heterocycles. The number of anilines is 1. The molecule has 5 aromatic rings. The summed E-state index contributed by atoms with van der Waals surface area (Å²) in [6.07, 6.45) is 0. The first-order valence-electron chi connectivity index (χ1n) is 9.55. The summed E-state index contributed by atoms with van der Waals surface area (Å²) in [5, 5.41) is 2.91. The highest BCUT2D eigenvalue weighted by Crippen LogP contribution is 2.23. The van der Waals surface area contributed by atoms with E-state index in [1.165, 1.54) is 0 Å². The second-order valence-corrected chi connectivity index (χ2v) is 6.81. The van der Waals surface area contributed by atoms with E-state index in [1.54, 1.807) is 12.1 Å². The van der Waals surface area contributed by atoms with E-state index in [9.17, 15) is 4.79 Å². The molecule has 30 heavy (non-hydrogen) atoms. The SMILES string of the molecule is O=C(Nc1ccc(Oc2ccccc2)cc1)c1ccc2nc3ccccc3nc2c1. The van der Waals surface area contributed by atoms with Gasteiger partial charge in [-0.3, -0.25) is 4.79 Å². The van der Waals surface area contributed by atoms with E-state index >= 15 is 0 Å². The summed E-state index contributed by atoms with van der Waals surface area (Å²) in [7, 11) is 0. The highest BCUT2D eigenvalue weighted by atomic mass is 16.5. The van der Waals surface area contributed by atoms with Crippen LogP contribution in [-0.4, -0.2) is 15.9 Å². The molecule has 4 aromatic carbocycles. The Hall–Kier alpha value is -4.25. The van der Waals surface area contributed by atoms with Crippen LogP contribution < -0.4 is 10.1 Å². The lowest BCUT2D eigenvalue weighted by Crippen LogP contribution is -2.11. The number of nitrogens with one attached hydrogen (secondary N) is 1. The first-order chi connectivity index (χ1) is 14.7. The van der Waals surface area contributed by atoms with Crippen molar-refractivity contribution in [1.29, 1.82) is 0 Å². The van der Waals surface area contributed by atoms with Crippen LogP contribution in [0, 0.1) is 0 Å². The number of hydrogen-bond acceptors (Lipinski definition) is 4.